The number of carbonyl (C=O) groups is 1. The van der Waals surface area contributed by atoms with Crippen LogP contribution in [0.4, 0.5) is 5.69 Å². The highest BCUT2D eigenvalue weighted by Gasteiger charge is 2.05. The van der Waals surface area contributed by atoms with Crippen LogP contribution in [0.5, 0.6) is 0 Å². The second kappa shape index (κ2) is 6.53. The smallest absolute Gasteiger partial charge is 0.137 e. The van der Waals surface area contributed by atoms with Gasteiger partial charge in [0, 0.05) is 23.0 Å². The van der Waals surface area contributed by atoms with Crippen LogP contribution >= 0.6 is 15.9 Å². The van der Waals surface area contributed by atoms with Crippen LogP contribution in [-0.4, -0.2) is 5.78 Å². The minimum absolute atomic E-state index is 0.250. The molecule has 0 saturated heterocycles. The van der Waals surface area contributed by atoms with Crippen LogP contribution in [0.25, 0.3) is 0 Å². The van der Waals surface area contributed by atoms with E-state index in [1.54, 1.807) is 0 Å². The lowest BCUT2D eigenvalue weighted by molar-refractivity contribution is -0.118. The summed E-state index contributed by atoms with van der Waals surface area (Å²) in [4.78, 5) is 11.9. The van der Waals surface area contributed by atoms with E-state index < -0.39 is 0 Å². The zero-order valence-electron chi connectivity index (χ0n) is 10.6. The Labute approximate surface area is 121 Å². The molecule has 0 fully saturated rings. The molecule has 0 aliphatic carbocycles. The highest BCUT2D eigenvalue weighted by molar-refractivity contribution is 9.10. The number of hydrogen-bond acceptors (Lipinski definition) is 2. The van der Waals surface area contributed by atoms with Crippen molar-refractivity contribution in [2.24, 2.45) is 0 Å². The maximum absolute atomic E-state index is 11.9. The van der Waals surface area contributed by atoms with Gasteiger partial charge in [-0.1, -0.05) is 40.2 Å². The van der Waals surface area contributed by atoms with E-state index in [-0.39, 0.29) is 5.78 Å². The summed E-state index contributed by atoms with van der Waals surface area (Å²) in [6.07, 6.45) is 1.79. The minimum Gasteiger partial charge on any atom is -0.399 e. The van der Waals surface area contributed by atoms with Crippen LogP contribution < -0.4 is 5.73 Å². The average molecular weight is 318 g/mol. The van der Waals surface area contributed by atoms with Gasteiger partial charge in [-0.25, -0.2) is 0 Å². The zero-order valence-corrected chi connectivity index (χ0v) is 12.2. The highest BCUT2D eigenvalue weighted by Crippen LogP contribution is 2.14. The Morgan fingerprint density at radius 1 is 1.05 bits per heavy atom. The number of rotatable bonds is 5. The molecular weight excluding hydrogens is 302 g/mol. The van der Waals surface area contributed by atoms with Crippen LogP contribution in [0.15, 0.2) is 53.0 Å². The van der Waals surface area contributed by atoms with E-state index in [4.69, 9.17) is 5.73 Å². The Balaban J connectivity index is 1.88. The van der Waals surface area contributed by atoms with Crippen LogP contribution in [0.3, 0.4) is 0 Å². The van der Waals surface area contributed by atoms with E-state index >= 15 is 0 Å². The van der Waals surface area contributed by atoms with E-state index in [2.05, 4.69) is 15.9 Å². The van der Waals surface area contributed by atoms with Gasteiger partial charge in [0.25, 0.3) is 0 Å². The van der Waals surface area contributed by atoms with Crippen LogP contribution in [-0.2, 0) is 17.6 Å². The molecule has 0 heterocycles. The molecule has 0 spiro atoms. The van der Waals surface area contributed by atoms with Gasteiger partial charge in [0.1, 0.15) is 5.78 Å². The maximum atomic E-state index is 11.9. The molecule has 0 unspecified atom stereocenters. The summed E-state index contributed by atoms with van der Waals surface area (Å²) in [5.41, 5.74) is 8.62. The Morgan fingerprint density at radius 3 is 2.53 bits per heavy atom. The molecule has 2 aromatic carbocycles. The van der Waals surface area contributed by atoms with Gasteiger partial charge in [0.2, 0.25) is 0 Å². The number of benzene rings is 2. The lowest BCUT2D eigenvalue weighted by Crippen LogP contribution is -2.04. The fourth-order valence-corrected chi connectivity index (χ4v) is 2.44. The molecule has 19 heavy (non-hydrogen) atoms. The summed E-state index contributed by atoms with van der Waals surface area (Å²) in [6, 6.07) is 15.6. The first-order chi connectivity index (χ1) is 9.13. The van der Waals surface area contributed by atoms with Crippen molar-refractivity contribution in [1.29, 1.82) is 0 Å². The van der Waals surface area contributed by atoms with Crippen molar-refractivity contribution in [2.75, 3.05) is 5.73 Å². The van der Waals surface area contributed by atoms with Crippen LogP contribution in [0.2, 0.25) is 0 Å². The minimum atomic E-state index is 0.250. The number of anilines is 1. The predicted molar refractivity (Wildman–Crippen MR) is 82.0 cm³/mol. The molecule has 0 aliphatic rings. The molecule has 0 amide bonds. The molecule has 0 aromatic heterocycles. The Hall–Kier alpha value is -1.61. The van der Waals surface area contributed by atoms with E-state index in [9.17, 15) is 4.79 Å². The first-order valence-corrected chi connectivity index (χ1v) is 7.03. The van der Waals surface area contributed by atoms with Crippen molar-refractivity contribution >= 4 is 27.4 Å². The number of carbonyl (C=O) groups excluding carboxylic acids is 1. The van der Waals surface area contributed by atoms with E-state index in [0.717, 1.165) is 27.7 Å². The highest BCUT2D eigenvalue weighted by atomic mass is 79.9. The maximum Gasteiger partial charge on any atom is 0.137 e. The Bertz CT molecular complexity index is 580. The number of nitrogens with two attached hydrogens (primary N) is 1. The largest absolute Gasteiger partial charge is 0.399 e. The third kappa shape index (κ3) is 4.52. The molecule has 98 valence electrons. The number of ketones is 1. The number of aryl methyl sites for hydroxylation is 1. The molecule has 0 atom stereocenters. The summed E-state index contributed by atoms with van der Waals surface area (Å²) in [5, 5.41) is 0. The van der Waals surface area contributed by atoms with Gasteiger partial charge in [-0.2, -0.15) is 0 Å². The van der Waals surface area contributed by atoms with Crippen molar-refractivity contribution in [3.05, 3.63) is 64.1 Å². The summed E-state index contributed by atoms with van der Waals surface area (Å²) in [7, 11) is 0. The summed E-state index contributed by atoms with van der Waals surface area (Å²) in [5.74, 6) is 0.250. The number of halogens is 1. The van der Waals surface area contributed by atoms with Gasteiger partial charge in [-0.05, 0) is 41.8 Å². The first kappa shape index (κ1) is 13.8. The van der Waals surface area contributed by atoms with Crippen LogP contribution in [0, 0.1) is 0 Å². The number of nitrogen functional groups attached to an aromatic ring is 1. The summed E-state index contributed by atoms with van der Waals surface area (Å²) < 4.78 is 1.01. The van der Waals surface area contributed by atoms with Crippen molar-refractivity contribution in [2.45, 2.75) is 19.3 Å². The van der Waals surface area contributed by atoms with E-state index in [1.165, 1.54) is 0 Å². The van der Waals surface area contributed by atoms with Gasteiger partial charge in [0.15, 0.2) is 0 Å². The average Bonchev–Trinajstić information content (AvgIpc) is 2.36. The lowest BCUT2D eigenvalue weighted by Gasteiger charge is -2.03. The topological polar surface area (TPSA) is 43.1 Å². The quantitative estimate of drug-likeness (QED) is 0.853. The normalized spacial score (nSPS) is 10.4. The second-order valence-electron chi connectivity index (χ2n) is 4.59. The fourth-order valence-electron chi connectivity index (χ4n) is 2.00. The number of Topliss-reactive ketones (excluding diaryl/α,β-unsaturated/α-hetero) is 1. The van der Waals surface area contributed by atoms with Crippen molar-refractivity contribution < 1.29 is 4.79 Å². The SMILES string of the molecule is Nc1cccc(CCC(=O)Cc2cccc(Br)c2)c1. The summed E-state index contributed by atoms with van der Waals surface area (Å²) >= 11 is 3.41. The molecule has 0 radical (unpaired) electrons. The molecule has 0 saturated carbocycles. The second-order valence-corrected chi connectivity index (χ2v) is 5.51. The van der Waals surface area contributed by atoms with Crippen molar-refractivity contribution in [3.63, 3.8) is 0 Å². The Kier molecular flexibility index (Phi) is 4.74. The molecule has 2 aromatic rings. The van der Waals surface area contributed by atoms with Gasteiger partial charge >= 0.3 is 0 Å². The van der Waals surface area contributed by atoms with Gasteiger partial charge in [-0.15, -0.1) is 0 Å². The number of hydrogen-bond donors (Lipinski definition) is 1. The monoisotopic (exact) mass is 317 g/mol. The Morgan fingerprint density at radius 2 is 1.79 bits per heavy atom. The molecule has 2 rings (SSSR count). The third-order valence-corrected chi connectivity index (χ3v) is 3.43. The standard InChI is InChI=1S/C16H16BrNO/c17-14-5-1-4-13(9-14)11-16(19)8-7-12-3-2-6-15(18)10-12/h1-6,9-10H,7-8,11,18H2. The van der Waals surface area contributed by atoms with E-state index in [1.807, 2.05) is 48.5 Å². The lowest BCUT2D eigenvalue weighted by atomic mass is 10.0. The van der Waals surface area contributed by atoms with Crippen molar-refractivity contribution in [1.82, 2.24) is 0 Å². The van der Waals surface area contributed by atoms with Crippen molar-refractivity contribution in [3.8, 4) is 0 Å². The molecule has 0 bridgehead atoms. The van der Waals surface area contributed by atoms with Gasteiger partial charge < -0.3 is 5.73 Å². The zero-order chi connectivity index (χ0) is 13.7. The van der Waals surface area contributed by atoms with E-state index in [0.29, 0.717) is 12.8 Å². The third-order valence-electron chi connectivity index (χ3n) is 2.93. The molecule has 2 N–H and O–H groups in total. The van der Waals surface area contributed by atoms with Gasteiger partial charge in [-0.3, -0.25) is 4.79 Å². The molecule has 0 aliphatic heterocycles. The predicted octanol–water partition coefficient (Wildman–Crippen LogP) is 3.78. The van der Waals surface area contributed by atoms with Gasteiger partial charge in [0.05, 0.1) is 0 Å². The molecular formula is C16H16BrNO. The first-order valence-electron chi connectivity index (χ1n) is 6.24. The summed E-state index contributed by atoms with van der Waals surface area (Å²) in [6.45, 7) is 0. The fraction of sp³-hybridized carbons (Fsp3) is 0.188. The van der Waals surface area contributed by atoms with Crippen LogP contribution in [0.1, 0.15) is 17.5 Å². The molecule has 3 heteroatoms. The molecule has 2 nitrogen and oxygen atoms in total.